The van der Waals surface area contributed by atoms with Gasteiger partial charge >= 0.3 is 0 Å². The second kappa shape index (κ2) is 4.85. The van der Waals surface area contributed by atoms with Crippen LogP contribution in [0, 0.1) is 0 Å². The van der Waals surface area contributed by atoms with E-state index in [-0.39, 0.29) is 11.4 Å². The smallest absolute Gasteiger partial charge is 0.253 e. The largest absolute Gasteiger partial charge is 0.399 e. The first-order chi connectivity index (χ1) is 9.57. The van der Waals surface area contributed by atoms with Crippen LogP contribution in [0.1, 0.15) is 49.4 Å². The minimum absolute atomic E-state index is 0.00502. The van der Waals surface area contributed by atoms with Crippen LogP contribution < -0.4 is 11.1 Å². The molecule has 0 unspecified atom stereocenters. The maximum Gasteiger partial charge on any atom is 0.253 e. The fraction of sp³-hybridized carbons (Fsp3) is 0.438. The molecule has 0 aliphatic heterocycles. The molecule has 3 rings (SSSR count). The van der Waals surface area contributed by atoms with Gasteiger partial charge < -0.3 is 16.0 Å². The van der Waals surface area contributed by atoms with Crippen LogP contribution in [-0.4, -0.2) is 16.4 Å². The highest BCUT2D eigenvalue weighted by Crippen LogP contribution is 2.28. The Morgan fingerprint density at radius 1 is 1.30 bits per heavy atom. The molecule has 0 bridgehead atoms. The normalized spacial score (nSPS) is 18.1. The molecule has 0 radical (unpaired) electrons. The lowest BCUT2D eigenvalue weighted by atomic mass is 9.83. The Hall–Kier alpha value is -1.97. The summed E-state index contributed by atoms with van der Waals surface area (Å²) in [7, 11) is 0. The third-order valence-electron chi connectivity index (χ3n) is 4.32. The minimum Gasteiger partial charge on any atom is -0.399 e. The van der Waals surface area contributed by atoms with Crippen molar-refractivity contribution in [1.29, 1.82) is 0 Å². The van der Waals surface area contributed by atoms with Gasteiger partial charge in [-0.3, -0.25) is 4.79 Å². The molecular weight excluding hydrogens is 250 g/mol. The Morgan fingerprint density at radius 2 is 2.05 bits per heavy atom. The predicted octanol–water partition coefficient (Wildman–Crippen LogP) is 3.20. The number of hydrogen-bond acceptors (Lipinski definition) is 2. The molecule has 1 aliphatic carbocycles. The van der Waals surface area contributed by atoms with E-state index in [0.717, 1.165) is 23.7 Å². The summed E-state index contributed by atoms with van der Waals surface area (Å²) in [5.41, 5.74) is 8.00. The number of amides is 1. The second-order valence-corrected chi connectivity index (χ2v) is 6.08. The molecule has 4 nitrogen and oxygen atoms in total. The van der Waals surface area contributed by atoms with Crippen molar-refractivity contribution in [2.24, 2.45) is 0 Å². The summed E-state index contributed by atoms with van der Waals surface area (Å²) in [4.78, 5) is 15.6. The fourth-order valence-electron chi connectivity index (χ4n) is 3.13. The van der Waals surface area contributed by atoms with Crippen molar-refractivity contribution in [3.05, 3.63) is 30.0 Å². The van der Waals surface area contributed by atoms with Gasteiger partial charge in [0.05, 0.1) is 5.56 Å². The topological polar surface area (TPSA) is 70.9 Å². The molecule has 1 aromatic heterocycles. The van der Waals surface area contributed by atoms with Crippen molar-refractivity contribution in [3.63, 3.8) is 0 Å². The zero-order chi connectivity index (χ0) is 14.2. The number of hydrogen-bond donors (Lipinski definition) is 3. The lowest BCUT2D eigenvalue weighted by Crippen LogP contribution is -2.47. The van der Waals surface area contributed by atoms with Gasteiger partial charge in [0, 0.05) is 28.3 Å². The number of fused-ring (bicyclic) bond motifs is 1. The van der Waals surface area contributed by atoms with Gasteiger partial charge in [-0.15, -0.1) is 0 Å². The average Bonchev–Trinajstić information content (AvgIpc) is 2.81. The number of nitrogens with one attached hydrogen (secondary N) is 2. The Kier molecular flexibility index (Phi) is 3.16. The van der Waals surface area contributed by atoms with Gasteiger partial charge in [-0.25, -0.2) is 0 Å². The molecule has 1 aromatic carbocycles. The van der Waals surface area contributed by atoms with E-state index in [9.17, 15) is 4.79 Å². The van der Waals surface area contributed by atoms with Gasteiger partial charge in [0.1, 0.15) is 0 Å². The minimum atomic E-state index is -0.0628. The van der Waals surface area contributed by atoms with Crippen molar-refractivity contribution in [1.82, 2.24) is 10.3 Å². The molecule has 1 fully saturated rings. The van der Waals surface area contributed by atoms with Crippen molar-refractivity contribution in [2.45, 2.75) is 44.6 Å². The lowest BCUT2D eigenvalue weighted by molar-refractivity contribution is 0.0884. The zero-order valence-corrected chi connectivity index (χ0v) is 11.8. The van der Waals surface area contributed by atoms with Gasteiger partial charge in [-0.05, 0) is 38.0 Å². The number of benzene rings is 1. The number of nitrogens with two attached hydrogens (primary N) is 1. The van der Waals surface area contributed by atoms with E-state index >= 15 is 0 Å². The van der Waals surface area contributed by atoms with Gasteiger partial charge in [-0.1, -0.05) is 19.3 Å². The Labute approximate surface area is 118 Å². The molecule has 20 heavy (non-hydrogen) atoms. The second-order valence-electron chi connectivity index (χ2n) is 6.08. The maximum atomic E-state index is 12.5. The molecule has 4 N–H and O–H groups in total. The monoisotopic (exact) mass is 271 g/mol. The van der Waals surface area contributed by atoms with Gasteiger partial charge in [0.15, 0.2) is 0 Å². The number of H-pyrrole nitrogens is 1. The van der Waals surface area contributed by atoms with E-state index in [1.54, 1.807) is 6.20 Å². The fourth-order valence-corrected chi connectivity index (χ4v) is 3.13. The quantitative estimate of drug-likeness (QED) is 0.734. The van der Waals surface area contributed by atoms with E-state index < -0.39 is 0 Å². The Bertz CT molecular complexity index is 638. The van der Waals surface area contributed by atoms with Crippen LogP contribution in [0.25, 0.3) is 10.9 Å². The highest BCUT2D eigenvalue weighted by Gasteiger charge is 2.29. The summed E-state index contributed by atoms with van der Waals surface area (Å²) in [6, 6.07) is 5.59. The summed E-state index contributed by atoms with van der Waals surface area (Å²) in [5.74, 6) is 0.00502. The molecule has 0 spiro atoms. The van der Waals surface area contributed by atoms with Crippen molar-refractivity contribution in [3.8, 4) is 0 Å². The third-order valence-corrected chi connectivity index (χ3v) is 4.32. The molecule has 4 heteroatoms. The van der Waals surface area contributed by atoms with Gasteiger partial charge in [0.2, 0.25) is 0 Å². The average molecular weight is 271 g/mol. The lowest BCUT2D eigenvalue weighted by Gasteiger charge is -2.34. The standard InChI is InChI=1S/C16H21N3O/c1-16(7-3-2-4-8-16)19-15(20)13-10-18-14-9-11(17)5-6-12(13)14/h5-6,9-10,18H,2-4,7-8,17H2,1H3,(H,19,20). The number of carbonyl (C=O) groups is 1. The van der Waals surface area contributed by atoms with Gasteiger partial charge in [0.25, 0.3) is 5.91 Å². The number of anilines is 1. The van der Waals surface area contributed by atoms with E-state index in [4.69, 9.17) is 5.73 Å². The summed E-state index contributed by atoms with van der Waals surface area (Å²) >= 11 is 0. The molecule has 0 atom stereocenters. The van der Waals surface area contributed by atoms with E-state index in [1.165, 1.54) is 19.3 Å². The Balaban J connectivity index is 1.85. The van der Waals surface area contributed by atoms with Gasteiger partial charge in [-0.2, -0.15) is 0 Å². The van der Waals surface area contributed by atoms with Crippen LogP contribution in [0.15, 0.2) is 24.4 Å². The molecule has 1 aliphatic rings. The summed E-state index contributed by atoms with van der Waals surface area (Å²) in [6.45, 7) is 2.15. The maximum absolute atomic E-state index is 12.5. The van der Waals surface area contributed by atoms with E-state index in [2.05, 4.69) is 17.2 Å². The number of aromatic amines is 1. The number of nitrogen functional groups attached to an aromatic ring is 1. The number of carbonyl (C=O) groups excluding carboxylic acids is 1. The van der Waals surface area contributed by atoms with Crippen molar-refractivity contribution >= 4 is 22.5 Å². The molecule has 1 saturated carbocycles. The number of aromatic nitrogens is 1. The van der Waals surface area contributed by atoms with E-state index in [0.29, 0.717) is 11.3 Å². The first kappa shape index (κ1) is 13.0. The SMILES string of the molecule is CC1(NC(=O)c2c[nH]c3cc(N)ccc23)CCCCC1. The number of rotatable bonds is 2. The van der Waals surface area contributed by atoms with Crippen LogP contribution in [0.3, 0.4) is 0 Å². The van der Waals surface area contributed by atoms with Crippen LogP contribution >= 0.6 is 0 Å². The summed E-state index contributed by atoms with van der Waals surface area (Å²) in [5, 5.41) is 4.14. The first-order valence-corrected chi connectivity index (χ1v) is 7.27. The van der Waals surface area contributed by atoms with Crippen molar-refractivity contribution in [2.75, 3.05) is 5.73 Å². The van der Waals surface area contributed by atoms with Crippen LogP contribution in [0.5, 0.6) is 0 Å². The summed E-state index contributed by atoms with van der Waals surface area (Å²) < 4.78 is 0. The van der Waals surface area contributed by atoms with Crippen LogP contribution in [0.2, 0.25) is 0 Å². The van der Waals surface area contributed by atoms with E-state index in [1.807, 2.05) is 18.2 Å². The molecule has 106 valence electrons. The highest BCUT2D eigenvalue weighted by atomic mass is 16.1. The Morgan fingerprint density at radius 3 is 2.80 bits per heavy atom. The molecular formula is C16H21N3O. The molecule has 2 aromatic rings. The molecule has 1 amide bonds. The highest BCUT2D eigenvalue weighted by molar-refractivity contribution is 6.07. The van der Waals surface area contributed by atoms with Crippen molar-refractivity contribution < 1.29 is 4.79 Å². The third kappa shape index (κ3) is 2.38. The molecule has 1 heterocycles. The van der Waals surface area contributed by atoms with Crippen LogP contribution in [-0.2, 0) is 0 Å². The zero-order valence-electron chi connectivity index (χ0n) is 11.8. The predicted molar refractivity (Wildman–Crippen MR) is 81.7 cm³/mol. The molecule has 0 saturated heterocycles. The summed E-state index contributed by atoms with van der Waals surface area (Å²) in [6.07, 6.45) is 7.56. The van der Waals surface area contributed by atoms with Crippen LogP contribution in [0.4, 0.5) is 5.69 Å². The first-order valence-electron chi connectivity index (χ1n) is 7.27.